The molecule has 0 saturated heterocycles. The van der Waals surface area contributed by atoms with Crippen molar-refractivity contribution in [2.24, 2.45) is 0 Å². The third-order valence-electron chi connectivity index (χ3n) is 2.71. The smallest absolute Gasteiger partial charge is 0.169 e. The molecule has 4 nitrogen and oxygen atoms in total. The Morgan fingerprint density at radius 3 is 2.78 bits per heavy atom. The Hall–Kier alpha value is -0.590. The summed E-state index contributed by atoms with van der Waals surface area (Å²) in [6.45, 7) is 3.03. The van der Waals surface area contributed by atoms with E-state index in [-0.39, 0.29) is 6.04 Å². The molecular formula is C12H15Br2N3O. The number of furan rings is 1. The SMILES string of the molecule is CCCn1ncc(Br)c1C(NC)c1ccc(Br)o1. The fraction of sp³-hybridized carbons (Fsp3) is 0.417. The first-order valence-corrected chi connectivity index (χ1v) is 7.39. The first-order chi connectivity index (χ1) is 8.67. The van der Waals surface area contributed by atoms with Gasteiger partial charge in [0.15, 0.2) is 4.67 Å². The van der Waals surface area contributed by atoms with Gasteiger partial charge >= 0.3 is 0 Å². The van der Waals surface area contributed by atoms with Gasteiger partial charge in [0.25, 0.3) is 0 Å². The van der Waals surface area contributed by atoms with Crippen LogP contribution < -0.4 is 5.32 Å². The van der Waals surface area contributed by atoms with Crippen molar-refractivity contribution in [3.63, 3.8) is 0 Å². The van der Waals surface area contributed by atoms with Crippen molar-refractivity contribution in [3.8, 4) is 0 Å². The molecule has 2 rings (SSSR count). The molecule has 2 aromatic heterocycles. The van der Waals surface area contributed by atoms with Gasteiger partial charge in [-0.15, -0.1) is 0 Å². The van der Waals surface area contributed by atoms with Crippen molar-refractivity contribution >= 4 is 31.9 Å². The summed E-state index contributed by atoms with van der Waals surface area (Å²) in [6, 6.07) is 3.84. The molecular weight excluding hydrogens is 362 g/mol. The topological polar surface area (TPSA) is 43.0 Å². The standard InChI is InChI=1S/C12H15Br2N3O/c1-3-6-17-12(8(13)7-16-17)11(15-2)9-4-5-10(14)18-9/h4-5,7,11,15H,3,6H2,1-2H3. The van der Waals surface area contributed by atoms with Crippen LogP contribution in [0, 0.1) is 0 Å². The van der Waals surface area contributed by atoms with E-state index >= 15 is 0 Å². The van der Waals surface area contributed by atoms with Crippen LogP contribution in [-0.4, -0.2) is 16.8 Å². The molecule has 0 fully saturated rings. The van der Waals surface area contributed by atoms with E-state index in [9.17, 15) is 0 Å². The van der Waals surface area contributed by atoms with Crippen LogP contribution in [0.5, 0.6) is 0 Å². The summed E-state index contributed by atoms with van der Waals surface area (Å²) >= 11 is 6.89. The number of aromatic nitrogens is 2. The van der Waals surface area contributed by atoms with E-state index in [2.05, 4.69) is 49.2 Å². The van der Waals surface area contributed by atoms with E-state index in [1.54, 1.807) is 0 Å². The summed E-state index contributed by atoms with van der Waals surface area (Å²) in [5, 5.41) is 7.65. The van der Waals surface area contributed by atoms with Gasteiger partial charge < -0.3 is 9.73 Å². The predicted molar refractivity (Wildman–Crippen MR) is 77.5 cm³/mol. The highest BCUT2D eigenvalue weighted by Crippen LogP contribution is 2.30. The van der Waals surface area contributed by atoms with Crippen molar-refractivity contribution < 1.29 is 4.42 Å². The summed E-state index contributed by atoms with van der Waals surface area (Å²) in [6.07, 6.45) is 2.87. The maximum atomic E-state index is 5.64. The fourth-order valence-corrected chi connectivity index (χ4v) is 2.79. The Morgan fingerprint density at radius 2 is 2.22 bits per heavy atom. The highest BCUT2D eigenvalue weighted by molar-refractivity contribution is 9.10. The number of rotatable bonds is 5. The van der Waals surface area contributed by atoms with E-state index in [1.807, 2.05) is 30.1 Å². The zero-order valence-electron chi connectivity index (χ0n) is 10.3. The normalized spacial score (nSPS) is 12.9. The Labute approximate surface area is 123 Å². The summed E-state index contributed by atoms with van der Waals surface area (Å²) in [4.78, 5) is 0. The minimum absolute atomic E-state index is 0.0141. The second-order valence-corrected chi connectivity index (χ2v) is 5.60. The van der Waals surface area contributed by atoms with Crippen LogP contribution in [0.15, 0.2) is 31.9 Å². The maximum Gasteiger partial charge on any atom is 0.169 e. The van der Waals surface area contributed by atoms with Crippen molar-refractivity contribution in [3.05, 3.63) is 38.9 Å². The molecule has 0 aliphatic carbocycles. The Kier molecular flexibility index (Phi) is 4.64. The van der Waals surface area contributed by atoms with Crippen LogP contribution in [0.4, 0.5) is 0 Å². The molecule has 1 N–H and O–H groups in total. The van der Waals surface area contributed by atoms with Gasteiger partial charge in [-0.3, -0.25) is 4.68 Å². The van der Waals surface area contributed by atoms with Gasteiger partial charge in [-0.2, -0.15) is 5.10 Å². The fourth-order valence-electron chi connectivity index (χ4n) is 1.95. The minimum Gasteiger partial charge on any atom is -0.452 e. The molecule has 0 amide bonds. The Bertz CT molecular complexity index is 521. The van der Waals surface area contributed by atoms with Crippen LogP contribution in [0.2, 0.25) is 0 Å². The van der Waals surface area contributed by atoms with Crippen LogP contribution in [0.1, 0.15) is 30.8 Å². The summed E-state index contributed by atoms with van der Waals surface area (Å²) in [5.41, 5.74) is 1.08. The highest BCUT2D eigenvalue weighted by atomic mass is 79.9. The molecule has 18 heavy (non-hydrogen) atoms. The van der Waals surface area contributed by atoms with E-state index in [0.29, 0.717) is 0 Å². The zero-order chi connectivity index (χ0) is 13.1. The minimum atomic E-state index is -0.0141. The largest absolute Gasteiger partial charge is 0.452 e. The van der Waals surface area contributed by atoms with Crippen LogP contribution >= 0.6 is 31.9 Å². The average molecular weight is 377 g/mol. The zero-order valence-corrected chi connectivity index (χ0v) is 13.5. The van der Waals surface area contributed by atoms with Gasteiger partial charge in [0, 0.05) is 6.54 Å². The predicted octanol–water partition coefficient (Wildman–Crippen LogP) is 3.72. The molecule has 0 aliphatic heterocycles. The molecule has 1 unspecified atom stereocenters. The van der Waals surface area contributed by atoms with E-state index in [1.165, 1.54) is 0 Å². The third-order valence-corrected chi connectivity index (χ3v) is 3.75. The summed E-state index contributed by atoms with van der Waals surface area (Å²) < 4.78 is 9.36. The summed E-state index contributed by atoms with van der Waals surface area (Å²) in [7, 11) is 1.91. The second kappa shape index (κ2) is 6.04. The van der Waals surface area contributed by atoms with E-state index in [0.717, 1.165) is 33.6 Å². The average Bonchev–Trinajstić information content (AvgIpc) is 2.91. The highest BCUT2D eigenvalue weighted by Gasteiger charge is 2.23. The van der Waals surface area contributed by atoms with E-state index < -0.39 is 0 Å². The molecule has 0 aromatic carbocycles. The quantitative estimate of drug-likeness (QED) is 0.864. The number of aryl methyl sites for hydroxylation is 1. The Morgan fingerprint density at radius 1 is 1.44 bits per heavy atom. The Balaban J connectivity index is 2.41. The van der Waals surface area contributed by atoms with Crippen LogP contribution in [-0.2, 0) is 6.54 Å². The van der Waals surface area contributed by atoms with Gasteiger partial charge in [0.1, 0.15) is 11.8 Å². The van der Waals surface area contributed by atoms with Crippen molar-refractivity contribution in [1.82, 2.24) is 15.1 Å². The number of hydrogen-bond acceptors (Lipinski definition) is 3. The molecule has 2 heterocycles. The lowest BCUT2D eigenvalue weighted by Crippen LogP contribution is -2.21. The molecule has 0 aliphatic rings. The monoisotopic (exact) mass is 375 g/mol. The maximum absolute atomic E-state index is 5.64. The second-order valence-electron chi connectivity index (χ2n) is 3.96. The molecule has 98 valence electrons. The molecule has 0 spiro atoms. The van der Waals surface area contributed by atoms with Gasteiger partial charge in [-0.25, -0.2) is 0 Å². The first kappa shape index (κ1) is 13.8. The number of halogens is 2. The van der Waals surface area contributed by atoms with Crippen LogP contribution in [0.3, 0.4) is 0 Å². The number of nitrogens with zero attached hydrogens (tertiary/aromatic N) is 2. The molecule has 6 heteroatoms. The van der Waals surface area contributed by atoms with Crippen molar-refractivity contribution in [2.75, 3.05) is 7.05 Å². The van der Waals surface area contributed by atoms with Gasteiger partial charge in [-0.05, 0) is 57.5 Å². The van der Waals surface area contributed by atoms with Gasteiger partial charge in [0.2, 0.25) is 0 Å². The molecule has 2 aromatic rings. The molecule has 1 atom stereocenters. The molecule has 0 saturated carbocycles. The molecule has 0 radical (unpaired) electrons. The summed E-state index contributed by atoms with van der Waals surface area (Å²) in [5.74, 6) is 0.864. The van der Waals surface area contributed by atoms with Gasteiger partial charge in [-0.1, -0.05) is 6.92 Å². The first-order valence-electron chi connectivity index (χ1n) is 5.81. The van der Waals surface area contributed by atoms with Crippen molar-refractivity contribution in [1.29, 1.82) is 0 Å². The van der Waals surface area contributed by atoms with E-state index in [4.69, 9.17) is 4.42 Å². The van der Waals surface area contributed by atoms with Crippen molar-refractivity contribution in [2.45, 2.75) is 25.9 Å². The third kappa shape index (κ3) is 2.70. The lowest BCUT2D eigenvalue weighted by molar-refractivity contribution is 0.426. The lowest BCUT2D eigenvalue weighted by atomic mass is 10.1. The van der Waals surface area contributed by atoms with Crippen LogP contribution in [0.25, 0.3) is 0 Å². The number of nitrogens with one attached hydrogen (secondary N) is 1. The van der Waals surface area contributed by atoms with Gasteiger partial charge in [0.05, 0.1) is 16.4 Å². The number of hydrogen-bond donors (Lipinski definition) is 1. The lowest BCUT2D eigenvalue weighted by Gasteiger charge is -2.16. The molecule has 0 bridgehead atoms.